The van der Waals surface area contributed by atoms with Crippen LogP contribution in [0, 0.1) is 10.1 Å². The summed E-state index contributed by atoms with van der Waals surface area (Å²) in [6.07, 6.45) is 3.92. The molecule has 2 unspecified atom stereocenters. The van der Waals surface area contributed by atoms with Gasteiger partial charge < -0.3 is 15.4 Å². The van der Waals surface area contributed by atoms with Crippen molar-refractivity contribution >= 4 is 15.8 Å². The fraction of sp³-hybridized carbons (Fsp3) is 0.583. The van der Waals surface area contributed by atoms with Crippen molar-refractivity contribution in [2.24, 2.45) is 0 Å². The average molecular weight is 312 g/mol. The number of pyridine rings is 1. The van der Waals surface area contributed by atoms with Crippen molar-refractivity contribution in [3.8, 4) is 0 Å². The normalized spacial score (nSPS) is 26.5. The standard InChI is InChI=1S/C12H16N4O4S/c17-16(18)12-4-3-11(7-13-12)21(19,20)15-6-5-9-1-2-10(8-15)14-9/h3-4,7,9-10,14H,1-2,5-6,8H2. The van der Waals surface area contributed by atoms with E-state index in [1.165, 1.54) is 10.4 Å². The van der Waals surface area contributed by atoms with Gasteiger partial charge in [-0.15, -0.1) is 0 Å². The first-order valence-electron chi connectivity index (χ1n) is 6.83. The van der Waals surface area contributed by atoms with Gasteiger partial charge in [-0.2, -0.15) is 4.31 Å². The summed E-state index contributed by atoms with van der Waals surface area (Å²) >= 11 is 0. The lowest BCUT2D eigenvalue weighted by molar-refractivity contribution is -0.389. The Morgan fingerprint density at radius 1 is 1.29 bits per heavy atom. The Kier molecular flexibility index (Phi) is 3.64. The summed E-state index contributed by atoms with van der Waals surface area (Å²) in [6, 6.07) is 2.95. The third kappa shape index (κ3) is 2.76. The highest BCUT2D eigenvalue weighted by atomic mass is 32.2. The molecule has 2 aliphatic rings. The maximum absolute atomic E-state index is 12.6. The molecule has 2 fully saturated rings. The quantitative estimate of drug-likeness (QED) is 0.644. The van der Waals surface area contributed by atoms with Crippen LogP contribution in [-0.2, 0) is 10.0 Å². The molecule has 2 saturated heterocycles. The van der Waals surface area contributed by atoms with Crippen molar-refractivity contribution in [2.45, 2.75) is 36.2 Å². The van der Waals surface area contributed by atoms with Gasteiger partial charge in [0.2, 0.25) is 10.0 Å². The highest BCUT2D eigenvalue weighted by Crippen LogP contribution is 2.25. The zero-order valence-electron chi connectivity index (χ0n) is 11.3. The first-order valence-corrected chi connectivity index (χ1v) is 8.27. The number of nitro groups is 1. The first kappa shape index (κ1) is 14.4. The van der Waals surface area contributed by atoms with Crippen molar-refractivity contribution in [3.63, 3.8) is 0 Å². The molecule has 2 atom stereocenters. The fourth-order valence-corrected chi connectivity index (χ4v) is 4.36. The molecule has 21 heavy (non-hydrogen) atoms. The van der Waals surface area contributed by atoms with E-state index in [1.807, 2.05) is 0 Å². The third-order valence-corrected chi connectivity index (χ3v) is 5.88. The summed E-state index contributed by atoms with van der Waals surface area (Å²) < 4.78 is 26.6. The molecule has 0 amide bonds. The largest absolute Gasteiger partial charge is 0.363 e. The van der Waals surface area contributed by atoms with Crippen LogP contribution in [0.4, 0.5) is 5.82 Å². The molecule has 0 spiro atoms. The molecule has 9 heteroatoms. The topological polar surface area (TPSA) is 105 Å². The molecule has 114 valence electrons. The van der Waals surface area contributed by atoms with Gasteiger partial charge in [0, 0.05) is 31.2 Å². The zero-order chi connectivity index (χ0) is 15.0. The van der Waals surface area contributed by atoms with Crippen LogP contribution >= 0.6 is 0 Å². The number of rotatable bonds is 3. The van der Waals surface area contributed by atoms with E-state index in [2.05, 4.69) is 10.3 Å². The summed E-state index contributed by atoms with van der Waals surface area (Å²) in [5.41, 5.74) is 0. The van der Waals surface area contributed by atoms with E-state index in [4.69, 9.17) is 0 Å². The molecule has 2 aliphatic heterocycles. The monoisotopic (exact) mass is 312 g/mol. The number of aromatic nitrogens is 1. The average Bonchev–Trinajstić information content (AvgIpc) is 2.77. The molecule has 0 radical (unpaired) electrons. The highest BCUT2D eigenvalue weighted by molar-refractivity contribution is 7.89. The van der Waals surface area contributed by atoms with Gasteiger partial charge in [-0.05, 0) is 35.2 Å². The zero-order valence-corrected chi connectivity index (χ0v) is 12.1. The Labute approximate surface area is 122 Å². The van der Waals surface area contributed by atoms with Gasteiger partial charge in [0.15, 0.2) is 6.20 Å². The van der Waals surface area contributed by atoms with Crippen LogP contribution in [0.5, 0.6) is 0 Å². The summed E-state index contributed by atoms with van der Waals surface area (Å²) in [5.74, 6) is -0.356. The van der Waals surface area contributed by atoms with E-state index in [-0.39, 0.29) is 16.8 Å². The lowest BCUT2D eigenvalue weighted by Crippen LogP contribution is -2.39. The lowest BCUT2D eigenvalue weighted by atomic mass is 10.1. The van der Waals surface area contributed by atoms with Gasteiger partial charge in [-0.25, -0.2) is 8.42 Å². The summed E-state index contributed by atoms with van der Waals surface area (Å²) in [7, 11) is -3.64. The molecule has 8 nitrogen and oxygen atoms in total. The number of nitrogens with one attached hydrogen (secondary N) is 1. The van der Waals surface area contributed by atoms with E-state index < -0.39 is 14.9 Å². The van der Waals surface area contributed by atoms with E-state index in [9.17, 15) is 18.5 Å². The summed E-state index contributed by atoms with van der Waals surface area (Å²) in [4.78, 5) is 13.5. The van der Waals surface area contributed by atoms with Crippen LogP contribution in [0.15, 0.2) is 23.2 Å². The van der Waals surface area contributed by atoms with Crippen molar-refractivity contribution in [1.29, 1.82) is 0 Å². The molecule has 1 N–H and O–H groups in total. The summed E-state index contributed by atoms with van der Waals surface area (Å²) in [5, 5.41) is 14.0. The van der Waals surface area contributed by atoms with Crippen molar-refractivity contribution in [1.82, 2.24) is 14.6 Å². The van der Waals surface area contributed by atoms with E-state index in [0.29, 0.717) is 19.1 Å². The maximum atomic E-state index is 12.6. The molecule has 1 aromatic heterocycles. The molecule has 3 heterocycles. The van der Waals surface area contributed by atoms with Gasteiger partial charge in [-0.3, -0.25) is 0 Å². The van der Waals surface area contributed by atoms with Crippen LogP contribution in [0.3, 0.4) is 0 Å². The first-order chi connectivity index (χ1) is 9.96. The molecule has 3 rings (SSSR count). The molecule has 0 saturated carbocycles. The van der Waals surface area contributed by atoms with Crippen LogP contribution in [0.1, 0.15) is 19.3 Å². The number of sulfonamides is 1. The van der Waals surface area contributed by atoms with Gasteiger partial charge in [-0.1, -0.05) is 0 Å². The number of hydrogen-bond acceptors (Lipinski definition) is 6. The minimum Gasteiger partial charge on any atom is -0.358 e. The third-order valence-electron chi connectivity index (χ3n) is 4.03. The Bertz CT molecular complexity index is 646. The Morgan fingerprint density at radius 3 is 2.71 bits per heavy atom. The van der Waals surface area contributed by atoms with E-state index in [0.717, 1.165) is 31.5 Å². The SMILES string of the molecule is O=[N+]([O-])c1ccc(S(=O)(=O)N2CCC3CCC(C2)N3)cn1. The molecule has 1 aromatic rings. The predicted molar refractivity (Wildman–Crippen MR) is 74.2 cm³/mol. The van der Waals surface area contributed by atoms with Crippen molar-refractivity contribution in [2.75, 3.05) is 13.1 Å². The number of nitrogens with zero attached hydrogens (tertiary/aromatic N) is 3. The van der Waals surface area contributed by atoms with Gasteiger partial charge in [0.05, 0.1) is 0 Å². The van der Waals surface area contributed by atoms with Crippen LogP contribution in [0.25, 0.3) is 0 Å². The molecular formula is C12H16N4O4S. The highest BCUT2D eigenvalue weighted by Gasteiger charge is 2.35. The lowest BCUT2D eigenvalue weighted by Gasteiger charge is -2.23. The Morgan fingerprint density at radius 2 is 2.05 bits per heavy atom. The van der Waals surface area contributed by atoms with Crippen molar-refractivity contribution in [3.05, 3.63) is 28.4 Å². The van der Waals surface area contributed by atoms with E-state index in [1.54, 1.807) is 0 Å². The van der Waals surface area contributed by atoms with E-state index >= 15 is 0 Å². The predicted octanol–water partition coefficient (Wildman–Crippen LogP) is 0.505. The molecular weight excluding hydrogens is 296 g/mol. The van der Waals surface area contributed by atoms with Gasteiger partial charge >= 0.3 is 5.82 Å². The smallest absolute Gasteiger partial charge is 0.358 e. The number of hydrogen-bond donors (Lipinski definition) is 1. The Hall–Kier alpha value is -1.58. The molecule has 0 aliphatic carbocycles. The Balaban J connectivity index is 1.84. The van der Waals surface area contributed by atoms with Gasteiger partial charge in [0.1, 0.15) is 4.90 Å². The second-order valence-electron chi connectivity index (χ2n) is 5.40. The van der Waals surface area contributed by atoms with Crippen LogP contribution in [0.2, 0.25) is 0 Å². The van der Waals surface area contributed by atoms with Crippen LogP contribution < -0.4 is 5.32 Å². The van der Waals surface area contributed by atoms with Gasteiger partial charge in [0.25, 0.3) is 0 Å². The fourth-order valence-electron chi connectivity index (χ4n) is 2.91. The van der Waals surface area contributed by atoms with Crippen molar-refractivity contribution < 1.29 is 13.3 Å². The maximum Gasteiger partial charge on any atom is 0.363 e. The number of fused-ring (bicyclic) bond motifs is 2. The second-order valence-corrected chi connectivity index (χ2v) is 7.34. The molecule has 0 aromatic carbocycles. The minimum absolute atomic E-state index is 0.00544. The van der Waals surface area contributed by atoms with Crippen LogP contribution in [-0.4, -0.2) is 47.8 Å². The summed E-state index contributed by atoms with van der Waals surface area (Å²) in [6.45, 7) is 0.906. The minimum atomic E-state index is -3.64. The second kappa shape index (κ2) is 5.32. The molecule has 2 bridgehead atoms.